The van der Waals surface area contributed by atoms with Crippen molar-refractivity contribution in [2.45, 2.75) is 38.3 Å². The molecule has 0 fully saturated rings. The van der Waals surface area contributed by atoms with Crippen molar-refractivity contribution in [2.75, 3.05) is 7.11 Å². The first-order chi connectivity index (χ1) is 9.57. The molecule has 0 amide bonds. The predicted octanol–water partition coefficient (Wildman–Crippen LogP) is 2.94. The molecule has 0 saturated carbocycles. The number of fused-ring (bicyclic) bond motifs is 1. The summed E-state index contributed by atoms with van der Waals surface area (Å²) < 4.78 is 5.47. The van der Waals surface area contributed by atoms with E-state index in [9.17, 15) is 0 Å². The molecule has 2 aromatic rings. The summed E-state index contributed by atoms with van der Waals surface area (Å²) in [4.78, 5) is 4.52. The highest BCUT2D eigenvalue weighted by Crippen LogP contribution is 2.27. The van der Waals surface area contributed by atoms with Crippen LogP contribution in [-0.4, -0.2) is 17.7 Å². The van der Waals surface area contributed by atoms with Crippen LogP contribution in [0, 0.1) is 0 Å². The van der Waals surface area contributed by atoms with E-state index < -0.39 is 0 Å². The Morgan fingerprint density at radius 1 is 1.30 bits per heavy atom. The number of benzene rings is 1. The lowest BCUT2D eigenvalue weighted by atomic mass is 9.95. The summed E-state index contributed by atoms with van der Waals surface area (Å²) in [6.07, 6.45) is 3.62. The van der Waals surface area contributed by atoms with E-state index in [0.29, 0.717) is 0 Å². The molecule has 1 heterocycles. The topological polar surface area (TPSA) is 60.2 Å². The zero-order valence-corrected chi connectivity index (χ0v) is 12.4. The van der Waals surface area contributed by atoms with Gasteiger partial charge in [0, 0.05) is 18.7 Å². The second-order valence-electron chi connectivity index (χ2n) is 5.64. The van der Waals surface area contributed by atoms with Crippen molar-refractivity contribution < 1.29 is 4.74 Å². The average molecular weight is 273 g/mol. The van der Waals surface area contributed by atoms with Crippen molar-refractivity contribution in [3.63, 3.8) is 0 Å². The number of rotatable bonds is 6. The fraction of sp³-hybridized carbons (Fsp3) is 0.438. The molecule has 20 heavy (non-hydrogen) atoms. The van der Waals surface area contributed by atoms with Crippen LogP contribution in [0.5, 0.6) is 0 Å². The lowest BCUT2D eigenvalue weighted by molar-refractivity contribution is 0.0116. The van der Waals surface area contributed by atoms with Gasteiger partial charge in [0.15, 0.2) is 0 Å². The van der Waals surface area contributed by atoms with E-state index in [1.165, 1.54) is 5.39 Å². The first kappa shape index (κ1) is 14.9. The number of hydrogen-bond acceptors (Lipinski definition) is 4. The molecule has 0 aliphatic carbocycles. The minimum absolute atomic E-state index is 0.0236. The van der Waals surface area contributed by atoms with Crippen molar-refractivity contribution in [3.8, 4) is 0 Å². The third-order valence-corrected chi connectivity index (χ3v) is 3.82. The van der Waals surface area contributed by atoms with Crippen LogP contribution in [0.4, 0.5) is 0 Å². The summed E-state index contributed by atoms with van der Waals surface area (Å²) in [7, 11) is 1.74. The highest BCUT2D eigenvalue weighted by molar-refractivity contribution is 5.84. The predicted molar refractivity (Wildman–Crippen MR) is 82.1 cm³/mol. The Morgan fingerprint density at radius 2 is 2.05 bits per heavy atom. The van der Waals surface area contributed by atoms with Crippen molar-refractivity contribution in [3.05, 3.63) is 42.2 Å². The number of nitrogens with zero attached hydrogens (tertiary/aromatic N) is 1. The Labute approximate surface area is 120 Å². The van der Waals surface area contributed by atoms with Gasteiger partial charge >= 0.3 is 0 Å². The maximum absolute atomic E-state index is 5.74. The van der Waals surface area contributed by atoms with Crippen LogP contribution in [0.25, 0.3) is 10.8 Å². The Balaban J connectivity index is 2.26. The summed E-state index contributed by atoms with van der Waals surface area (Å²) in [5.74, 6) is 5.74. The van der Waals surface area contributed by atoms with Gasteiger partial charge in [-0.05, 0) is 38.1 Å². The molecule has 0 spiro atoms. The van der Waals surface area contributed by atoms with Crippen LogP contribution >= 0.6 is 0 Å². The van der Waals surface area contributed by atoms with Gasteiger partial charge in [-0.3, -0.25) is 16.3 Å². The summed E-state index contributed by atoms with van der Waals surface area (Å²) in [6.45, 7) is 4.16. The third kappa shape index (κ3) is 3.33. The maximum atomic E-state index is 5.74. The molecule has 4 heteroatoms. The number of aromatic nitrogens is 1. The minimum Gasteiger partial charge on any atom is -0.379 e. The molecule has 0 radical (unpaired) electrons. The number of pyridine rings is 1. The van der Waals surface area contributed by atoms with Gasteiger partial charge in [-0.2, -0.15) is 0 Å². The molecule has 0 aliphatic heterocycles. The molecular weight excluding hydrogens is 250 g/mol. The summed E-state index contributed by atoms with van der Waals surface area (Å²) in [5.41, 5.74) is 3.73. The zero-order chi connectivity index (χ0) is 14.6. The van der Waals surface area contributed by atoms with Crippen LogP contribution in [0.15, 0.2) is 36.5 Å². The van der Waals surface area contributed by atoms with Gasteiger partial charge in [0.05, 0.1) is 17.3 Å². The number of methoxy groups -OCH3 is 1. The van der Waals surface area contributed by atoms with Gasteiger partial charge in [0.1, 0.15) is 0 Å². The van der Waals surface area contributed by atoms with Crippen LogP contribution in [0.1, 0.15) is 38.4 Å². The van der Waals surface area contributed by atoms with E-state index in [2.05, 4.69) is 36.4 Å². The van der Waals surface area contributed by atoms with E-state index in [-0.39, 0.29) is 11.6 Å². The smallest absolute Gasteiger partial charge is 0.0664 e. The fourth-order valence-electron chi connectivity index (χ4n) is 2.31. The van der Waals surface area contributed by atoms with E-state index in [1.807, 2.05) is 24.4 Å². The zero-order valence-electron chi connectivity index (χ0n) is 12.4. The number of hydrogen-bond donors (Lipinski definition) is 2. The largest absolute Gasteiger partial charge is 0.379 e. The lowest BCUT2D eigenvalue weighted by Gasteiger charge is -2.25. The summed E-state index contributed by atoms with van der Waals surface area (Å²) in [6, 6.07) is 10.3. The monoisotopic (exact) mass is 273 g/mol. The highest BCUT2D eigenvalue weighted by Gasteiger charge is 2.21. The number of nitrogens with one attached hydrogen (secondary N) is 1. The van der Waals surface area contributed by atoms with Gasteiger partial charge in [-0.15, -0.1) is 0 Å². The van der Waals surface area contributed by atoms with Crippen molar-refractivity contribution in [1.29, 1.82) is 0 Å². The third-order valence-electron chi connectivity index (χ3n) is 3.82. The highest BCUT2D eigenvalue weighted by atomic mass is 16.5. The quantitative estimate of drug-likeness (QED) is 0.627. The first-order valence-corrected chi connectivity index (χ1v) is 6.92. The van der Waals surface area contributed by atoms with Gasteiger partial charge in [0.2, 0.25) is 0 Å². The average Bonchev–Trinajstić information content (AvgIpc) is 2.48. The summed E-state index contributed by atoms with van der Waals surface area (Å²) >= 11 is 0. The molecule has 4 nitrogen and oxygen atoms in total. The van der Waals surface area contributed by atoms with Crippen LogP contribution in [0.2, 0.25) is 0 Å². The molecule has 1 aromatic carbocycles. The first-order valence-electron chi connectivity index (χ1n) is 6.92. The Hall–Kier alpha value is -1.49. The molecule has 1 atom stereocenters. The molecule has 1 unspecified atom stereocenters. The van der Waals surface area contributed by atoms with Crippen molar-refractivity contribution in [2.24, 2.45) is 5.84 Å². The van der Waals surface area contributed by atoms with Crippen molar-refractivity contribution >= 4 is 10.8 Å². The van der Waals surface area contributed by atoms with Crippen LogP contribution in [0.3, 0.4) is 0 Å². The SMILES string of the molecule is COC(C)(C)CCC(NN)c1nccc2ccccc12. The molecule has 0 saturated heterocycles. The Morgan fingerprint density at radius 3 is 2.75 bits per heavy atom. The second kappa shape index (κ2) is 6.31. The van der Waals surface area contributed by atoms with Crippen LogP contribution in [-0.2, 0) is 4.74 Å². The Kier molecular flexibility index (Phi) is 4.70. The van der Waals surface area contributed by atoms with Gasteiger partial charge in [0.25, 0.3) is 0 Å². The van der Waals surface area contributed by atoms with Crippen LogP contribution < -0.4 is 11.3 Å². The molecule has 3 N–H and O–H groups in total. The molecule has 1 aromatic heterocycles. The van der Waals surface area contributed by atoms with E-state index in [0.717, 1.165) is 23.9 Å². The minimum atomic E-state index is -0.153. The van der Waals surface area contributed by atoms with E-state index in [1.54, 1.807) is 7.11 Å². The van der Waals surface area contributed by atoms with Gasteiger partial charge in [-0.25, -0.2) is 0 Å². The second-order valence-corrected chi connectivity index (χ2v) is 5.64. The van der Waals surface area contributed by atoms with Crippen molar-refractivity contribution in [1.82, 2.24) is 10.4 Å². The molecule has 108 valence electrons. The summed E-state index contributed by atoms with van der Waals surface area (Å²) in [5, 5.41) is 2.33. The number of nitrogens with two attached hydrogens (primary N) is 1. The maximum Gasteiger partial charge on any atom is 0.0664 e. The molecule has 2 rings (SSSR count). The Bertz CT molecular complexity index is 563. The van der Waals surface area contributed by atoms with Gasteiger partial charge < -0.3 is 4.74 Å². The molecular formula is C16H23N3O. The molecule has 0 aliphatic rings. The van der Waals surface area contributed by atoms with Gasteiger partial charge in [-0.1, -0.05) is 24.3 Å². The van der Waals surface area contributed by atoms with E-state index in [4.69, 9.17) is 10.6 Å². The normalized spacial score (nSPS) is 13.6. The fourth-order valence-corrected chi connectivity index (χ4v) is 2.31. The molecule has 0 bridgehead atoms. The number of ether oxygens (including phenoxy) is 1. The lowest BCUT2D eigenvalue weighted by Crippen LogP contribution is -2.31. The standard InChI is InChI=1S/C16H23N3O/c1-16(2,20-3)10-8-14(19-17)15-13-7-5-4-6-12(13)9-11-18-15/h4-7,9,11,14,19H,8,10,17H2,1-3H3. The van der Waals surface area contributed by atoms with E-state index >= 15 is 0 Å². The number of hydrazine groups is 1.